The summed E-state index contributed by atoms with van der Waals surface area (Å²) < 4.78 is 13.2. The van der Waals surface area contributed by atoms with Crippen LogP contribution in [-0.4, -0.2) is 65.4 Å². The van der Waals surface area contributed by atoms with Crippen LogP contribution < -0.4 is 0 Å². The number of allylic oxidation sites excluding steroid dienone is 6. The van der Waals surface area contributed by atoms with E-state index in [0.29, 0.717) is 17.8 Å². The summed E-state index contributed by atoms with van der Waals surface area (Å²) in [5, 5.41) is 0. The van der Waals surface area contributed by atoms with Gasteiger partial charge in [-0.2, -0.15) is 0 Å². The first-order chi connectivity index (χ1) is 25.5. The molecule has 2 heterocycles. The molecule has 8 aliphatic rings. The fraction of sp³-hybridized carbons (Fsp3) is 0.787. The third-order valence-electron chi connectivity index (χ3n) is 16.9. The minimum atomic E-state index is -1.59. The Labute approximate surface area is 337 Å². The van der Waals surface area contributed by atoms with Crippen LogP contribution >= 0.6 is 0 Å². The molecule has 2 aliphatic heterocycles. The van der Waals surface area contributed by atoms with Crippen molar-refractivity contribution in [2.75, 3.05) is 27.2 Å². The summed E-state index contributed by atoms with van der Waals surface area (Å²) in [7, 11) is 0.752. The Hall–Kier alpha value is -2.07. The maximum Gasteiger partial charge on any atom is 0.246 e. The lowest BCUT2D eigenvalue weighted by Crippen LogP contribution is -2.51. The van der Waals surface area contributed by atoms with Gasteiger partial charge in [-0.3, -0.25) is 9.59 Å². The van der Waals surface area contributed by atoms with Crippen molar-refractivity contribution >= 4 is 28.4 Å². The third-order valence-corrected chi connectivity index (χ3v) is 18.6. The molecular weight excluding hydrogens is 713 g/mol. The van der Waals surface area contributed by atoms with Gasteiger partial charge in [-0.25, -0.2) is 0 Å². The molecule has 0 N–H and O–H groups in total. The highest BCUT2D eigenvalue weighted by Crippen LogP contribution is 2.67. The number of amides is 2. The van der Waals surface area contributed by atoms with Gasteiger partial charge in [0.15, 0.2) is 0 Å². The van der Waals surface area contributed by atoms with Crippen LogP contribution in [-0.2, 0) is 18.4 Å². The third kappa shape index (κ3) is 7.11. The van der Waals surface area contributed by atoms with Gasteiger partial charge in [-0.05, 0) is 174 Å². The van der Waals surface area contributed by atoms with Gasteiger partial charge >= 0.3 is 0 Å². The summed E-state index contributed by atoms with van der Waals surface area (Å²) in [5.74, 6) is 7.90. The first-order valence-electron chi connectivity index (χ1n) is 22.2. The molecule has 0 bridgehead atoms. The highest BCUT2D eigenvalue weighted by Gasteiger charge is 2.60. The van der Waals surface area contributed by atoms with E-state index < -0.39 is 16.6 Å². The Morgan fingerprint density at radius 3 is 1.62 bits per heavy atom. The molecule has 306 valence electrons. The Morgan fingerprint density at radius 1 is 0.618 bits per heavy atom. The standard InChI is InChI=1S/C24H39NO2Si.C23H37NO2Si/c1-16-14-17-18-8-9-21(27-28(5,6)7)24(18,3)11-10-19(17)23(2)12-13-25(4)22(26)15-20(16)23;1-22-13-14-24(3)21(25)15-16(22)7-8-17-18-9-10-20(26-27(4,5)6)23(18,2)12-11-19(17)22/h9,15-19H,8,10-14H2,1-7H3;10,15,17-19H,7-9,11-14H2,1-6H3/t16?,17-,18-,19-,23+,24-;17-,18-,19-,22-,23-/m00/s1. The fourth-order valence-corrected chi connectivity index (χ4v) is 15.8. The van der Waals surface area contributed by atoms with E-state index in [4.69, 9.17) is 8.85 Å². The topological polar surface area (TPSA) is 59.1 Å². The quantitative estimate of drug-likeness (QED) is 0.266. The summed E-state index contributed by atoms with van der Waals surface area (Å²) in [6, 6.07) is 0. The van der Waals surface area contributed by atoms with Crippen molar-refractivity contribution in [3.63, 3.8) is 0 Å². The van der Waals surface area contributed by atoms with E-state index in [2.05, 4.69) is 86.1 Å². The Balaban J connectivity index is 0.000000169. The van der Waals surface area contributed by atoms with Gasteiger partial charge < -0.3 is 18.7 Å². The molecule has 4 saturated carbocycles. The Kier molecular flexibility index (Phi) is 10.5. The Morgan fingerprint density at radius 2 is 1.09 bits per heavy atom. The second-order valence-corrected chi connectivity index (χ2v) is 31.4. The second kappa shape index (κ2) is 14.0. The molecule has 1 unspecified atom stereocenters. The summed E-state index contributed by atoms with van der Waals surface area (Å²) in [6.07, 6.45) is 22.1. The molecule has 55 heavy (non-hydrogen) atoms. The molecule has 0 aromatic rings. The molecule has 6 nitrogen and oxygen atoms in total. The van der Waals surface area contributed by atoms with Crippen LogP contribution in [0.1, 0.15) is 105 Å². The maximum atomic E-state index is 12.6. The van der Waals surface area contributed by atoms with E-state index in [1.165, 1.54) is 74.0 Å². The van der Waals surface area contributed by atoms with Crippen molar-refractivity contribution in [3.8, 4) is 0 Å². The van der Waals surface area contributed by atoms with Gasteiger partial charge in [0.05, 0.1) is 11.5 Å². The monoisotopic (exact) mass is 789 g/mol. The lowest BCUT2D eigenvalue weighted by Gasteiger charge is -2.58. The number of hydrogen-bond acceptors (Lipinski definition) is 4. The smallest absolute Gasteiger partial charge is 0.246 e. The molecule has 0 aromatic heterocycles. The maximum absolute atomic E-state index is 12.6. The van der Waals surface area contributed by atoms with Crippen LogP contribution in [0, 0.1) is 63.1 Å². The van der Waals surface area contributed by atoms with Gasteiger partial charge in [-0.1, -0.05) is 45.8 Å². The zero-order valence-electron chi connectivity index (χ0n) is 37.1. The van der Waals surface area contributed by atoms with Crippen LogP contribution in [0.5, 0.6) is 0 Å². The largest absolute Gasteiger partial charge is 0.547 e. The van der Waals surface area contributed by atoms with Crippen molar-refractivity contribution in [1.82, 2.24) is 9.80 Å². The minimum Gasteiger partial charge on any atom is -0.547 e. The van der Waals surface area contributed by atoms with Gasteiger partial charge in [-0.15, -0.1) is 0 Å². The van der Waals surface area contributed by atoms with Crippen LogP contribution in [0.15, 0.2) is 47.0 Å². The van der Waals surface area contributed by atoms with E-state index in [1.54, 1.807) is 0 Å². The van der Waals surface area contributed by atoms with E-state index in [0.717, 1.165) is 56.0 Å². The molecule has 11 atom stereocenters. The lowest BCUT2D eigenvalue weighted by molar-refractivity contribution is -0.125. The molecule has 2 amide bonds. The first kappa shape index (κ1) is 41.1. The molecule has 0 saturated heterocycles. The van der Waals surface area contributed by atoms with Gasteiger partial charge in [0.25, 0.3) is 0 Å². The molecular formula is C47H76N2O4Si2. The van der Waals surface area contributed by atoms with Gasteiger partial charge in [0.1, 0.15) is 0 Å². The van der Waals surface area contributed by atoms with Crippen molar-refractivity contribution in [2.24, 2.45) is 63.1 Å². The van der Waals surface area contributed by atoms with Crippen molar-refractivity contribution in [3.05, 3.63) is 47.0 Å². The zero-order valence-corrected chi connectivity index (χ0v) is 39.1. The minimum absolute atomic E-state index is 0.173. The summed E-state index contributed by atoms with van der Waals surface area (Å²) in [4.78, 5) is 28.8. The number of nitrogens with zero attached hydrogens (tertiary/aromatic N) is 2. The zero-order chi connectivity index (χ0) is 40.1. The molecule has 8 rings (SSSR count). The molecule has 4 fully saturated rings. The van der Waals surface area contributed by atoms with Gasteiger partial charge in [0.2, 0.25) is 28.4 Å². The summed E-state index contributed by atoms with van der Waals surface area (Å²) in [5.41, 5.74) is 3.70. The SMILES string of the molecule is CC1C[C@@H]2[C@H](CC[C@]3(C)C(O[Si](C)(C)C)=CC[C@@H]23)[C@@]2(C)CCN(C)C(=O)C=C12.CN1CC[C@@]2(C)C(=CC1=O)CC[C@@H]1[C@@H]2CC[C@]2(C)C(O[Si](C)(C)C)=CC[C@@H]12. The van der Waals surface area contributed by atoms with Crippen LogP contribution in [0.2, 0.25) is 39.3 Å². The van der Waals surface area contributed by atoms with E-state index in [9.17, 15) is 9.59 Å². The highest BCUT2D eigenvalue weighted by molar-refractivity contribution is 6.70. The number of likely N-dealkylation sites (N-methyl/N-ethyl adjacent to an activating group) is 2. The first-order valence-corrected chi connectivity index (χ1v) is 29.0. The number of hydrogen-bond donors (Lipinski definition) is 0. The molecule has 8 heteroatoms. The fourth-order valence-electron chi connectivity index (χ4n) is 13.8. The van der Waals surface area contributed by atoms with Crippen LogP contribution in [0.3, 0.4) is 0 Å². The number of carbonyl (C=O) groups is 2. The normalized spacial score (nSPS) is 42.6. The van der Waals surface area contributed by atoms with Crippen molar-refractivity contribution in [2.45, 2.75) is 145 Å². The van der Waals surface area contributed by atoms with Crippen molar-refractivity contribution < 1.29 is 18.4 Å². The lowest BCUT2D eigenvalue weighted by atomic mass is 9.46. The van der Waals surface area contributed by atoms with Crippen LogP contribution in [0.4, 0.5) is 0 Å². The number of fused-ring (bicyclic) bond motifs is 10. The van der Waals surface area contributed by atoms with E-state index >= 15 is 0 Å². The molecule has 0 spiro atoms. The average molecular weight is 789 g/mol. The van der Waals surface area contributed by atoms with E-state index in [1.807, 2.05) is 36.0 Å². The highest BCUT2D eigenvalue weighted by atomic mass is 28.4. The van der Waals surface area contributed by atoms with E-state index in [-0.39, 0.29) is 33.5 Å². The molecule has 0 radical (unpaired) electrons. The average Bonchev–Trinajstić information content (AvgIpc) is 3.51. The summed E-state index contributed by atoms with van der Waals surface area (Å²) in [6.45, 7) is 27.8. The second-order valence-electron chi connectivity index (χ2n) is 22.5. The molecule has 6 aliphatic carbocycles. The van der Waals surface area contributed by atoms with Crippen LogP contribution in [0.25, 0.3) is 0 Å². The Bertz CT molecular complexity index is 1680. The van der Waals surface area contributed by atoms with Crippen molar-refractivity contribution in [1.29, 1.82) is 0 Å². The number of rotatable bonds is 4. The van der Waals surface area contributed by atoms with Gasteiger partial charge in [0, 0.05) is 50.2 Å². The predicted octanol–water partition coefficient (Wildman–Crippen LogP) is 11.0. The molecule has 0 aromatic carbocycles. The number of carbonyl (C=O) groups excluding carboxylic acids is 2. The predicted molar refractivity (Wildman–Crippen MR) is 230 cm³/mol. The summed E-state index contributed by atoms with van der Waals surface area (Å²) >= 11 is 0.